The number of terminal acetylenes is 1. The molecule has 1 rings (SSSR count). The van der Waals surface area contributed by atoms with Gasteiger partial charge < -0.3 is 0 Å². The second-order valence-electron chi connectivity index (χ2n) is 3.99. The maximum atomic E-state index is 5.47. The minimum absolute atomic E-state index is 0.430. The molecule has 0 aromatic carbocycles. The summed E-state index contributed by atoms with van der Waals surface area (Å²) in [5.74, 6) is 9.02. The predicted octanol–water partition coefficient (Wildman–Crippen LogP) is 1.81. The standard InChI is InChI=1S/C11H20N2/c1-2-3-8-11(13-12)9-10-6-4-5-7-10/h1,10-11,13H,3-9,12H2. The van der Waals surface area contributed by atoms with Crippen LogP contribution in [0.15, 0.2) is 0 Å². The fourth-order valence-corrected chi connectivity index (χ4v) is 2.18. The number of nitrogens with two attached hydrogens (primary N) is 1. The van der Waals surface area contributed by atoms with Gasteiger partial charge in [0, 0.05) is 12.5 Å². The molecule has 1 aliphatic carbocycles. The van der Waals surface area contributed by atoms with E-state index in [4.69, 9.17) is 12.3 Å². The van der Waals surface area contributed by atoms with Gasteiger partial charge in [-0.05, 0) is 18.8 Å². The lowest BCUT2D eigenvalue weighted by Crippen LogP contribution is -2.36. The molecule has 2 heteroatoms. The summed E-state index contributed by atoms with van der Waals surface area (Å²) >= 11 is 0. The van der Waals surface area contributed by atoms with Crippen molar-refractivity contribution in [3.63, 3.8) is 0 Å². The van der Waals surface area contributed by atoms with E-state index in [0.29, 0.717) is 6.04 Å². The van der Waals surface area contributed by atoms with Crippen molar-refractivity contribution < 1.29 is 0 Å². The number of rotatable bonds is 5. The lowest BCUT2D eigenvalue weighted by atomic mass is 9.96. The van der Waals surface area contributed by atoms with Gasteiger partial charge >= 0.3 is 0 Å². The molecule has 0 aliphatic heterocycles. The lowest BCUT2D eigenvalue weighted by molar-refractivity contribution is 0.378. The van der Waals surface area contributed by atoms with Crippen LogP contribution >= 0.6 is 0 Å². The van der Waals surface area contributed by atoms with E-state index in [1.54, 1.807) is 0 Å². The summed E-state index contributed by atoms with van der Waals surface area (Å²) in [5, 5.41) is 0. The molecule has 2 nitrogen and oxygen atoms in total. The minimum Gasteiger partial charge on any atom is -0.271 e. The molecule has 13 heavy (non-hydrogen) atoms. The Balaban J connectivity index is 2.18. The Hall–Kier alpha value is -0.520. The van der Waals surface area contributed by atoms with Crippen molar-refractivity contribution in [1.29, 1.82) is 0 Å². The largest absolute Gasteiger partial charge is 0.271 e. The Morgan fingerprint density at radius 3 is 2.69 bits per heavy atom. The van der Waals surface area contributed by atoms with Crippen LogP contribution in [0.2, 0.25) is 0 Å². The van der Waals surface area contributed by atoms with E-state index >= 15 is 0 Å². The van der Waals surface area contributed by atoms with Crippen molar-refractivity contribution in [3.05, 3.63) is 0 Å². The molecule has 0 aromatic rings. The molecule has 1 fully saturated rings. The van der Waals surface area contributed by atoms with Crippen LogP contribution in [0, 0.1) is 18.3 Å². The van der Waals surface area contributed by atoms with Crippen LogP contribution < -0.4 is 11.3 Å². The minimum atomic E-state index is 0.430. The van der Waals surface area contributed by atoms with Gasteiger partial charge in [-0.1, -0.05) is 25.7 Å². The van der Waals surface area contributed by atoms with Gasteiger partial charge in [-0.2, -0.15) is 0 Å². The first-order valence-corrected chi connectivity index (χ1v) is 5.26. The van der Waals surface area contributed by atoms with Gasteiger partial charge in [0.25, 0.3) is 0 Å². The average Bonchev–Trinajstić information content (AvgIpc) is 2.64. The Bertz CT molecular complexity index is 165. The molecule has 0 saturated heterocycles. The maximum absolute atomic E-state index is 5.47. The van der Waals surface area contributed by atoms with E-state index in [1.165, 1.54) is 32.1 Å². The van der Waals surface area contributed by atoms with E-state index in [2.05, 4.69) is 11.3 Å². The molecule has 74 valence electrons. The predicted molar refractivity (Wildman–Crippen MR) is 55.8 cm³/mol. The van der Waals surface area contributed by atoms with Crippen LogP contribution in [0.4, 0.5) is 0 Å². The van der Waals surface area contributed by atoms with Crippen molar-refractivity contribution in [3.8, 4) is 12.3 Å². The molecular formula is C11H20N2. The van der Waals surface area contributed by atoms with Gasteiger partial charge in [-0.3, -0.25) is 11.3 Å². The molecule has 0 amide bonds. The molecule has 0 heterocycles. The molecule has 0 aromatic heterocycles. The third-order valence-electron chi connectivity index (χ3n) is 2.97. The zero-order chi connectivity index (χ0) is 9.52. The molecule has 3 N–H and O–H groups in total. The summed E-state index contributed by atoms with van der Waals surface area (Å²) < 4.78 is 0. The Labute approximate surface area is 81.2 Å². The van der Waals surface area contributed by atoms with Crippen LogP contribution in [0.5, 0.6) is 0 Å². The zero-order valence-corrected chi connectivity index (χ0v) is 8.26. The first kappa shape index (κ1) is 10.6. The fourth-order valence-electron chi connectivity index (χ4n) is 2.18. The van der Waals surface area contributed by atoms with Crippen molar-refractivity contribution in [2.24, 2.45) is 11.8 Å². The normalized spacial score (nSPS) is 20.0. The summed E-state index contributed by atoms with van der Waals surface area (Å²) in [7, 11) is 0. The highest BCUT2D eigenvalue weighted by atomic mass is 15.2. The lowest BCUT2D eigenvalue weighted by Gasteiger charge is -2.18. The van der Waals surface area contributed by atoms with Gasteiger partial charge in [-0.25, -0.2) is 0 Å². The number of hydrogen-bond donors (Lipinski definition) is 2. The Morgan fingerprint density at radius 2 is 2.15 bits per heavy atom. The summed E-state index contributed by atoms with van der Waals surface area (Å²) in [5.41, 5.74) is 2.87. The van der Waals surface area contributed by atoms with Gasteiger partial charge in [0.2, 0.25) is 0 Å². The molecule has 1 atom stereocenters. The summed E-state index contributed by atoms with van der Waals surface area (Å²) in [6.45, 7) is 0. The fraction of sp³-hybridized carbons (Fsp3) is 0.818. The molecule has 0 radical (unpaired) electrons. The van der Waals surface area contributed by atoms with E-state index in [9.17, 15) is 0 Å². The zero-order valence-electron chi connectivity index (χ0n) is 8.26. The van der Waals surface area contributed by atoms with Gasteiger partial charge in [0.1, 0.15) is 0 Å². The van der Waals surface area contributed by atoms with Crippen LogP contribution in [0.3, 0.4) is 0 Å². The summed E-state index contributed by atoms with van der Waals surface area (Å²) in [6.07, 6.45) is 13.8. The van der Waals surface area contributed by atoms with Gasteiger partial charge in [0.05, 0.1) is 0 Å². The van der Waals surface area contributed by atoms with Crippen molar-refractivity contribution in [2.45, 2.75) is 51.0 Å². The Morgan fingerprint density at radius 1 is 1.46 bits per heavy atom. The summed E-state index contributed by atoms with van der Waals surface area (Å²) in [6, 6.07) is 0.430. The molecule has 0 spiro atoms. The first-order chi connectivity index (χ1) is 6.36. The van der Waals surface area contributed by atoms with E-state index < -0.39 is 0 Å². The monoisotopic (exact) mass is 180 g/mol. The number of hydrogen-bond acceptors (Lipinski definition) is 2. The van der Waals surface area contributed by atoms with E-state index in [-0.39, 0.29) is 0 Å². The highest BCUT2D eigenvalue weighted by molar-refractivity contribution is 4.86. The first-order valence-electron chi connectivity index (χ1n) is 5.26. The smallest absolute Gasteiger partial charge is 0.0222 e. The quantitative estimate of drug-likeness (QED) is 0.385. The van der Waals surface area contributed by atoms with Gasteiger partial charge in [-0.15, -0.1) is 12.3 Å². The highest BCUT2D eigenvalue weighted by Gasteiger charge is 2.18. The van der Waals surface area contributed by atoms with Crippen molar-refractivity contribution in [2.75, 3.05) is 0 Å². The second kappa shape index (κ2) is 6.01. The number of hydrazine groups is 1. The van der Waals surface area contributed by atoms with Crippen molar-refractivity contribution >= 4 is 0 Å². The van der Waals surface area contributed by atoms with E-state index in [0.717, 1.165) is 18.8 Å². The van der Waals surface area contributed by atoms with Crippen LogP contribution in [-0.2, 0) is 0 Å². The SMILES string of the molecule is C#CCCC(CC1CCCC1)NN. The third-order valence-corrected chi connectivity index (χ3v) is 2.97. The topological polar surface area (TPSA) is 38.0 Å². The van der Waals surface area contributed by atoms with Gasteiger partial charge in [0.15, 0.2) is 0 Å². The second-order valence-corrected chi connectivity index (χ2v) is 3.99. The van der Waals surface area contributed by atoms with Crippen LogP contribution in [0.25, 0.3) is 0 Å². The molecule has 0 bridgehead atoms. The average molecular weight is 180 g/mol. The molecule has 1 aliphatic rings. The Kier molecular flexibility index (Phi) is 4.88. The van der Waals surface area contributed by atoms with Crippen molar-refractivity contribution in [1.82, 2.24) is 5.43 Å². The molecule has 1 saturated carbocycles. The van der Waals surface area contributed by atoms with Crippen LogP contribution in [0.1, 0.15) is 44.9 Å². The van der Waals surface area contributed by atoms with Crippen LogP contribution in [-0.4, -0.2) is 6.04 Å². The molecular weight excluding hydrogens is 160 g/mol. The molecule has 1 unspecified atom stereocenters. The highest BCUT2D eigenvalue weighted by Crippen LogP contribution is 2.29. The number of nitrogens with one attached hydrogen (secondary N) is 1. The van der Waals surface area contributed by atoms with E-state index in [1.807, 2.05) is 0 Å². The maximum Gasteiger partial charge on any atom is 0.0222 e. The summed E-state index contributed by atoms with van der Waals surface area (Å²) in [4.78, 5) is 0. The third kappa shape index (κ3) is 3.80.